The first-order valence-electron chi connectivity index (χ1n) is 9.49. The number of hydrogen-bond acceptors (Lipinski definition) is 5. The molecule has 0 atom stereocenters. The number of amides is 1. The highest BCUT2D eigenvalue weighted by Crippen LogP contribution is 2.29. The molecule has 3 heterocycles. The number of anilines is 1. The van der Waals surface area contributed by atoms with Crippen molar-refractivity contribution < 1.29 is 18.0 Å². The van der Waals surface area contributed by atoms with E-state index in [9.17, 15) is 18.0 Å². The quantitative estimate of drug-likeness (QED) is 0.621. The van der Waals surface area contributed by atoms with E-state index in [-0.39, 0.29) is 24.0 Å². The van der Waals surface area contributed by atoms with E-state index in [1.54, 1.807) is 24.3 Å². The Bertz CT molecular complexity index is 1090. The molecule has 0 unspecified atom stereocenters. The summed E-state index contributed by atoms with van der Waals surface area (Å²) in [6.45, 7) is 1.18. The van der Waals surface area contributed by atoms with Crippen LogP contribution in [0.5, 0.6) is 0 Å². The summed E-state index contributed by atoms with van der Waals surface area (Å²) in [4.78, 5) is 14.4. The number of piperidine rings is 1. The third kappa shape index (κ3) is 4.54. The lowest BCUT2D eigenvalue weighted by molar-refractivity contribution is -0.146. The molecule has 3 aromatic rings. The molecular formula is C19H17Cl2F3N6O. The summed E-state index contributed by atoms with van der Waals surface area (Å²) < 4.78 is 39.9. The zero-order valence-electron chi connectivity index (χ0n) is 16.0. The summed E-state index contributed by atoms with van der Waals surface area (Å²) in [5.74, 6) is -1.13. The van der Waals surface area contributed by atoms with Gasteiger partial charge in [0, 0.05) is 41.2 Å². The molecule has 1 N–H and O–H groups in total. The predicted molar refractivity (Wildman–Crippen MR) is 109 cm³/mol. The van der Waals surface area contributed by atoms with Crippen LogP contribution in [0, 0.1) is 5.92 Å². The first-order valence-corrected chi connectivity index (χ1v) is 10.2. The number of nitrogens with one attached hydrogen (secondary N) is 1. The molecule has 7 nitrogen and oxygen atoms in total. The second-order valence-corrected chi connectivity index (χ2v) is 7.98. The van der Waals surface area contributed by atoms with Crippen molar-refractivity contribution in [3.8, 4) is 0 Å². The molecule has 4 rings (SSSR count). The third-order valence-corrected chi connectivity index (χ3v) is 5.90. The maximum atomic E-state index is 13.1. The summed E-state index contributed by atoms with van der Waals surface area (Å²) >= 11 is 12.3. The predicted octanol–water partition coefficient (Wildman–Crippen LogP) is 3.98. The minimum absolute atomic E-state index is 0.0172. The third-order valence-electron chi connectivity index (χ3n) is 5.19. The topological polar surface area (TPSA) is 75.4 Å². The van der Waals surface area contributed by atoms with Gasteiger partial charge in [0.25, 0.3) is 5.82 Å². The van der Waals surface area contributed by atoms with E-state index in [4.69, 9.17) is 23.2 Å². The van der Waals surface area contributed by atoms with Gasteiger partial charge in [-0.2, -0.15) is 17.7 Å². The summed E-state index contributed by atoms with van der Waals surface area (Å²) in [5.41, 5.74) is 0.673. The minimum atomic E-state index is -4.65. The van der Waals surface area contributed by atoms with Crippen molar-refractivity contribution >= 4 is 40.6 Å². The highest BCUT2D eigenvalue weighted by Gasteiger charge is 2.38. The molecule has 12 heteroatoms. The Morgan fingerprint density at radius 2 is 1.77 bits per heavy atom. The lowest BCUT2D eigenvalue weighted by atomic mass is 9.96. The minimum Gasteiger partial charge on any atom is -0.355 e. The first kappa shape index (κ1) is 21.6. The maximum absolute atomic E-state index is 13.1. The van der Waals surface area contributed by atoms with Gasteiger partial charge in [-0.05, 0) is 37.1 Å². The zero-order chi connectivity index (χ0) is 22.2. The van der Waals surface area contributed by atoms with E-state index in [0.29, 0.717) is 51.9 Å². The molecule has 1 aliphatic heterocycles. The molecule has 1 aliphatic rings. The molecule has 0 bridgehead atoms. The first-order chi connectivity index (χ1) is 14.7. The van der Waals surface area contributed by atoms with Gasteiger partial charge in [0.15, 0.2) is 5.65 Å². The van der Waals surface area contributed by atoms with Crippen LogP contribution in [0.3, 0.4) is 0 Å². The van der Waals surface area contributed by atoms with Gasteiger partial charge in [-0.15, -0.1) is 15.3 Å². The molecule has 0 spiro atoms. The number of halogens is 5. The molecule has 1 amide bonds. The Kier molecular flexibility index (Phi) is 5.94. The van der Waals surface area contributed by atoms with Crippen LogP contribution in [0.4, 0.5) is 19.0 Å². The molecule has 1 fully saturated rings. The molecule has 0 radical (unpaired) electrons. The van der Waals surface area contributed by atoms with E-state index in [0.717, 1.165) is 0 Å². The molecule has 164 valence electrons. The van der Waals surface area contributed by atoms with Crippen LogP contribution in [0.15, 0.2) is 30.3 Å². The number of benzene rings is 1. The molecule has 0 aliphatic carbocycles. The summed E-state index contributed by atoms with van der Waals surface area (Å²) in [7, 11) is 0. The molecule has 2 aromatic heterocycles. The highest BCUT2D eigenvalue weighted by atomic mass is 35.5. The van der Waals surface area contributed by atoms with Gasteiger partial charge >= 0.3 is 6.18 Å². The van der Waals surface area contributed by atoms with Crippen molar-refractivity contribution in [3.63, 3.8) is 0 Å². The van der Waals surface area contributed by atoms with Crippen molar-refractivity contribution in [2.75, 3.05) is 18.0 Å². The fourth-order valence-electron chi connectivity index (χ4n) is 3.52. The number of fused-ring (bicyclic) bond motifs is 1. The van der Waals surface area contributed by atoms with E-state index in [1.807, 2.05) is 4.90 Å². The molecule has 31 heavy (non-hydrogen) atoms. The van der Waals surface area contributed by atoms with E-state index in [1.165, 1.54) is 6.07 Å². The van der Waals surface area contributed by atoms with Crippen molar-refractivity contribution in [2.24, 2.45) is 5.92 Å². The number of rotatable bonds is 4. The average Bonchev–Trinajstić information content (AvgIpc) is 3.17. The smallest absolute Gasteiger partial charge is 0.355 e. The Balaban J connectivity index is 1.39. The van der Waals surface area contributed by atoms with Crippen LogP contribution >= 0.6 is 23.2 Å². The van der Waals surface area contributed by atoms with E-state index in [2.05, 4.69) is 20.6 Å². The number of alkyl halides is 3. The fourth-order valence-corrected chi connectivity index (χ4v) is 4.05. The second-order valence-electron chi connectivity index (χ2n) is 7.16. The summed E-state index contributed by atoms with van der Waals surface area (Å²) in [6.07, 6.45) is -3.58. The fraction of sp³-hybridized carbons (Fsp3) is 0.368. The van der Waals surface area contributed by atoms with E-state index >= 15 is 0 Å². The number of hydrogen-bond donors (Lipinski definition) is 1. The van der Waals surface area contributed by atoms with Crippen molar-refractivity contribution in [1.29, 1.82) is 0 Å². The standard InChI is InChI=1S/C19H17Cl2F3N6O/c20-13-2-1-3-14(21)12(13)10-25-17(31)11-6-8-29(9-7-11)16-5-4-15-26-27-18(19(22,23)24)30(15)28-16/h1-5,11H,6-10H2,(H,25,31). The largest absolute Gasteiger partial charge is 0.453 e. The van der Waals surface area contributed by atoms with Gasteiger partial charge in [-0.3, -0.25) is 4.79 Å². The maximum Gasteiger partial charge on any atom is 0.453 e. The van der Waals surface area contributed by atoms with Gasteiger partial charge < -0.3 is 10.2 Å². The monoisotopic (exact) mass is 472 g/mol. The zero-order valence-corrected chi connectivity index (χ0v) is 17.5. The molecule has 1 saturated heterocycles. The highest BCUT2D eigenvalue weighted by molar-refractivity contribution is 6.36. The average molecular weight is 473 g/mol. The van der Waals surface area contributed by atoms with Gasteiger partial charge in [0.05, 0.1) is 0 Å². The molecular weight excluding hydrogens is 456 g/mol. The van der Waals surface area contributed by atoms with Crippen molar-refractivity contribution in [1.82, 2.24) is 25.1 Å². The van der Waals surface area contributed by atoms with Crippen LogP contribution in [-0.4, -0.2) is 38.8 Å². The van der Waals surface area contributed by atoms with Gasteiger partial charge in [0.1, 0.15) is 5.82 Å². The normalized spacial score (nSPS) is 15.5. The number of carbonyl (C=O) groups excluding carboxylic acids is 1. The SMILES string of the molecule is O=C(NCc1c(Cl)cccc1Cl)C1CCN(c2ccc3nnc(C(F)(F)F)n3n2)CC1. The number of aromatic nitrogens is 4. The van der Waals surface area contributed by atoms with Gasteiger partial charge in [0.2, 0.25) is 5.91 Å². The second kappa shape index (κ2) is 8.51. The van der Waals surface area contributed by atoms with Crippen LogP contribution in [0.2, 0.25) is 10.0 Å². The van der Waals surface area contributed by atoms with Crippen molar-refractivity contribution in [2.45, 2.75) is 25.6 Å². The van der Waals surface area contributed by atoms with E-state index < -0.39 is 12.0 Å². The Morgan fingerprint density at radius 3 is 2.42 bits per heavy atom. The lowest BCUT2D eigenvalue weighted by Crippen LogP contribution is -2.40. The van der Waals surface area contributed by atoms with Crippen molar-refractivity contribution in [3.05, 3.63) is 51.8 Å². The van der Waals surface area contributed by atoms with Crippen LogP contribution in [-0.2, 0) is 17.5 Å². The Morgan fingerprint density at radius 1 is 1.10 bits per heavy atom. The lowest BCUT2D eigenvalue weighted by Gasteiger charge is -2.32. The Hall–Kier alpha value is -2.59. The van der Waals surface area contributed by atoms with Crippen LogP contribution in [0.25, 0.3) is 5.65 Å². The van der Waals surface area contributed by atoms with Crippen LogP contribution in [0.1, 0.15) is 24.2 Å². The number of nitrogens with zero attached hydrogens (tertiary/aromatic N) is 5. The van der Waals surface area contributed by atoms with Gasteiger partial charge in [-0.25, -0.2) is 0 Å². The summed E-state index contributed by atoms with van der Waals surface area (Å²) in [6, 6.07) is 8.18. The van der Waals surface area contributed by atoms with Gasteiger partial charge in [-0.1, -0.05) is 29.3 Å². The number of carbonyl (C=O) groups is 1. The Labute approximate surface area is 185 Å². The molecule has 1 aromatic carbocycles. The summed E-state index contributed by atoms with van der Waals surface area (Å²) in [5, 5.41) is 14.6. The van der Waals surface area contributed by atoms with Crippen LogP contribution < -0.4 is 10.2 Å². The molecule has 0 saturated carbocycles.